The first-order chi connectivity index (χ1) is 13.3. The summed E-state index contributed by atoms with van der Waals surface area (Å²) in [7, 11) is 0.522. The fourth-order valence-corrected chi connectivity index (χ4v) is 3.30. The number of hydrogen-bond acceptors (Lipinski definition) is 4. The molecule has 0 atom stereocenters. The number of hydrogen-bond donors (Lipinski definition) is 1. The quantitative estimate of drug-likeness (QED) is 0.522. The number of halogens is 1. The first kappa shape index (κ1) is 22.0. The summed E-state index contributed by atoms with van der Waals surface area (Å²) < 4.78 is 28.7. The van der Waals surface area contributed by atoms with Crippen LogP contribution >= 0.6 is 11.6 Å². The van der Waals surface area contributed by atoms with Gasteiger partial charge < -0.3 is 15.0 Å². The average Bonchev–Trinajstić information content (AvgIpc) is 2.66. The minimum Gasteiger partial charge on any atom is -0.492 e. The number of likely N-dealkylation sites (N-methyl/N-ethyl adjacent to an activating group) is 1. The zero-order chi connectivity index (χ0) is 20.6. The molecule has 2 rings (SSSR count). The highest BCUT2D eigenvalue weighted by Crippen LogP contribution is 2.15. The molecule has 152 valence electrons. The molecule has 0 saturated heterocycles. The van der Waals surface area contributed by atoms with E-state index >= 15 is 0 Å². The zero-order valence-electron chi connectivity index (χ0n) is 16.4. The molecule has 0 bridgehead atoms. The molecule has 0 spiro atoms. The van der Waals surface area contributed by atoms with Crippen LogP contribution in [-0.4, -0.2) is 59.3 Å². The number of guanidine groups is 1. The van der Waals surface area contributed by atoms with Gasteiger partial charge in [-0.15, -0.1) is 0 Å². The van der Waals surface area contributed by atoms with E-state index in [2.05, 4.69) is 10.3 Å². The van der Waals surface area contributed by atoms with Gasteiger partial charge in [0.2, 0.25) is 0 Å². The number of benzene rings is 2. The van der Waals surface area contributed by atoms with Crippen LogP contribution in [0.15, 0.2) is 58.4 Å². The van der Waals surface area contributed by atoms with E-state index in [1.54, 1.807) is 31.3 Å². The fourth-order valence-electron chi connectivity index (χ4n) is 2.54. The summed E-state index contributed by atoms with van der Waals surface area (Å²) in [6.07, 6.45) is 1.97. The molecule has 0 aliphatic heterocycles. The molecule has 0 fully saturated rings. The van der Waals surface area contributed by atoms with E-state index in [0.717, 1.165) is 23.7 Å². The second kappa shape index (κ2) is 10.3. The number of aliphatic imine (C=N–C) groups is 1. The molecular weight excluding hydrogens is 398 g/mol. The van der Waals surface area contributed by atoms with E-state index in [9.17, 15) is 8.42 Å². The van der Waals surface area contributed by atoms with E-state index in [4.69, 9.17) is 16.3 Å². The summed E-state index contributed by atoms with van der Waals surface area (Å²) in [4.78, 5) is 6.60. The second-order valence-corrected chi connectivity index (χ2v) is 8.82. The van der Waals surface area contributed by atoms with Gasteiger partial charge in [-0.1, -0.05) is 23.7 Å². The number of rotatable bonds is 8. The predicted molar refractivity (Wildman–Crippen MR) is 114 cm³/mol. The highest BCUT2D eigenvalue weighted by molar-refractivity contribution is 7.90. The van der Waals surface area contributed by atoms with Gasteiger partial charge in [0, 0.05) is 31.9 Å². The van der Waals surface area contributed by atoms with Crippen molar-refractivity contribution < 1.29 is 13.2 Å². The van der Waals surface area contributed by atoms with Crippen LogP contribution < -0.4 is 10.1 Å². The molecule has 2 aromatic carbocycles. The van der Waals surface area contributed by atoms with Crippen molar-refractivity contribution in [3.63, 3.8) is 0 Å². The Morgan fingerprint density at radius 2 is 1.79 bits per heavy atom. The summed E-state index contributed by atoms with van der Waals surface area (Å²) in [6, 6.07) is 14.2. The Balaban J connectivity index is 1.76. The van der Waals surface area contributed by atoms with Gasteiger partial charge in [-0.3, -0.25) is 4.99 Å². The maximum absolute atomic E-state index is 11.5. The number of sulfone groups is 1. The molecule has 6 nitrogen and oxygen atoms in total. The summed E-state index contributed by atoms with van der Waals surface area (Å²) in [5.74, 6) is 1.55. The van der Waals surface area contributed by atoms with E-state index < -0.39 is 9.84 Å². The minimum atomic E-state index is -3.16. The van der Waals surface area contributed by atoms with Gasteiger partial charge in [0.25, 0.3) is 0 Å². The maximum atomic E-state index is 11.5. The van der Waals surface area contributed by atoms with Gasteiger partial charge in [-0.05, 0) is 48.4 Å². The first-order valence-corrected chi connectivity index (χ1v) is 11.2. The minimum absolute atomic E-state index is 0.334. The lowest BCUT2D eigenvalue weighted by Gasteiger charge is -2.22. The molecule has 1 N–H and O–H groups in total. The van der Waals surface area contributed by atoms with Crippen molar-refractivity contribution in [2.24, 2.45) is 4.99 Å². The van der Waals surface area contributed by atoms with Crippen LogP contribution in [0.5, 0.6) is 5.75 Å². The third kappa shape index (κ3) is 7.05. The van der Waals surface area contributed by atoms with Crippen molar-refractivity contribution in [2.75, 3.05) is 40.0 Å². The van der Waals surface area contributed by atoms with Crippen LogP contribution in [0, 0.1) is 0 Å². The van der Waals surface area contributed by atoms with Crippen LogP contribution in [0.25, 0.3) is 0 Å². The van der Waals surface area contributed by atoms with E-state index in [0.29, 0.717) is 29.6 Å². The molecule has 0 saturated carbocycles. The molecule has 8 heteroatoms. The molecule has 0 radical (unpaired) electrons. The van der Waals surface area contributed by atoms with Gasteiger partial charge in [0.15, 0.2) is 15.8 Å². The Labute approximate surface area is 172 Å². The molecular formula is C20H26ClN3O3S. The second-order valence-electron chi connectivity index (χ2n) is 6.36. The normalized spacial score (nSPS) is 11.9. The van der Waals surface area contributed by atoms with Crippen molar-refractivity contribution in [3.05, 3.63) is 59.1 Å². The Morgan fingerprint density at radius 3 is 2.36 bits per heavy atom. The van der Waals surface area contributed by atoms with Gasteiger partial charge >= 0.3 is 0 Å². The maximum Gasteiger partial charge on any atom is 0.193 e. The highest BCUT2D eigenvalue weighted by Gasteiger charge is 2.08. The summed E-state index contributed by atoms with van der Waals surface area (Å²) in [5.41, 5.74) is 1.06. The van der Waals surface area contributed by atoms with Crippen LogP contribution in [-0.2, 0) is 16.3 Å². The van der Waals surface area contributed by atoms with Crippen molar-refractivity contribution >= 4 is 27.4 Å². The topological polar surface area (TPSA) is 71.0 Å². The molecule has 0 aromatic heterocycles. The van der Waals surface area contributed by atoms with Gasteiger partial charge in [-0.25, -0.2) is 8.42 Å². The van der Waals surface area contributed by atoms with Gasteiger partial charge in [-0.2, -0.15) is 0 Å². The number of ether oxygens (including phenoxy) is 1. The van der Waals surface area contributed by atoms with E-state index in [-0.39, 0.29) is 0 Å². The van der Waals surface area contributed by atoms with E-state index in [1.165, 1.54) is 6.26 Å². The van der Waals surface area contributed by atoms with Gasteiger partial charge in [0.05, 0.1) is 11.4 Å². The van der Waals surface area contributed by atoms with Crippen molar-refractivity contribution in [1.29, 1.82) is 0 Å². The lowest BCUT2D eigenvalue weighted by Crippen LogP contribution is -2.41. The Morgan fingerprint density at radius 1 is 1.14 bits per heavy atom. The summed E-state index contributed by atoms with van der Waals surface area (Å²) in [6.45, 7) is 1.88. The molecule has 0 aliphatic carbocycles. The molecule has 0 amide bonds. The van der Waals surface area contributed by atoms with Crippen molar-refractivity contribution in [2.45, 2.75) is 11.3 Å². The molecule has 2 aromatic rings. The largest absolute Gasteiger partial charge is 0.492 e. The fraction of sp³-hybridized carbons (Fsp3) is 0.350. The Hall–Kier alpha value is -2.25. The summed E-state index contributed by atoms with van der Waals surface area (Å²) >= 11 is 5.86. The molecule has 28 heavy (non-hydrogen) atoms. The van der Waals surface area contributed by atoms with Gasteiger partial charge in [0.1, 0.15) is 12.4 Å². The Bertz CT molecular complexity index is 882. The lowest BCUT2D eigenvalue weighted by atomic mass is 10.1. The zero-order valence-corrected chi connectivity index (χ0v) is 17.9. The SMILES string of the molecule is CN=C(NCCc1ccc(S(C)(=O)=O)cc1)N(C)CCOc1ccc(Cl)cc1. The van der Waals surface area contributed by atoms with Crippen LogP contribution in [0.4, 0.5) is 0 Å². The number of nitrogens with one attached hydrogen (secondary N) is 1. The average molecular weight is 424 g/mol. The third-order valence-electron chi connectivity index (χ3n) is 4.13. The third-order valence-corrected chi connectivity index (χ3v) is 5.51. The van der Waals surface area contributed by atoms with Crippen molar-refractivity contribution in [3.8, 4) is 5.75 Å². The highest BCUT2D eigenvalue weighted by atomic mass is 35.5. The lowest BCUT2D eigenvalue weighted by molar-refractivity contribution is 0.281. The molecule has 0 heterocycles. The van der Waals surface area contributed by atoms with Crippen molar-refractivity contribution in [1.82, 2.24) is 10.2 Å². The van der Waals surface area contributed by atoms with Crippen LogP contribution in [0.2, 0.25) is 5.02 Å². The van der Waals surface area contributed by atoms with E-state index in [1.807, 2.05) is 36.2 Å². The number of nitrogens with zero attached hydrogens (tertiary/aromatic N) is 2. The molecule has 0 unspecified atom stereocenters. The van der Waals surface area contributed by atoms with Crippen LogP contribution in [0.3, 0.4) is 0 Å². The summed E-state index contributed by atoms with van der Waals surface area (Å²) in [5, 5.41) is 3.98. The standard InChI is InChI=1S/C20H26ClN3O3S/c1-22-20(24(2)14-15-27-18-8-6-17(21)7-9-18)23-13-12-16-4-10-19(11-5-16)28(3,25)26/h4-11H,12-15H2,1-3H3,(H,22,23). The first-order valence-electron chi connectivity index (χ1n) is 8.89. The molecule has 0 aliphatic rings. The Kier molecular flexibility index (Phi) is 8.14. The predicted octanol–water partition coefficient (Wildman–Crippen LogP) is 2.87. The monoisotopic (exact) mass is 423 g/mol. The smallest absolute Gasteiger partial charge is 0.193 e. The van der Waals surface area contributed by atoms with Crippen LogP contribution in [0.1, 0.15) is 5.56 Å².